The summed E-state index contributed by atoms with van der Waals surface area (Å²) in [6.07, 6.45) is 1.83. The van der Waals surface area contributed by atoms with Crippen molar-refractivity contribution in [2.75, 3.05) is 5.43 Å². The number of anilines is 1. The molecule has 0 unspecified atom stereocenters. The Morgan fingerprint density at radius 1 is 0.739 bits per heavy atom. The minimum absolute atomic E-state index is 0.982. The Labute approximate surface area is 137 Å². The van der Waals surface area contributed by atoms with Crippen LogP contribution in [-0.4, -0.2) is 6.21 Å². The lowest BCUT2D eigenvalue weighted by atomic mass is 10.00. The van der Waals surface area contributed by atoms with E-state index < -0.39 is 0 Å². The zero-order valence-corrected chi connectivity index (χ0v) is 13.5. The Bertz CT molecular complexity index is 803. The molecule has 0 aliphatic heterocycles. The van der Waals surface area contributed by atoms with Crippen molar-refractivity contribution >= 4 is 11.9 Å². The van der Waals surface area contributed by atoms with Crippen LogP contribution in [0.25, 0.3) is 11.1 Å². The van der Waals surface area contributed by atoms with Gasteiger partial charge in [-0.05, 0) is 53.8 Å². The maximum atomic E-state index is 4.26. The predicted octanol–water partition coefficient (Wildman–Crippen LogP) is 5.42. The second-order valence-electron chi connectivity index (χ2n) is 5.66. The van der Waals surface area contributed by atoms with E-state index in [-0.39, 0.29) is 0 Å². The van der Waals surface area contributed by atoms with Crippen molar-refractivity contribution in [3.05, 3.63) is 89.5 Å². The summed E-state index contributed by atoms with van der Waals surface area (Å²) in [4.78, 5) is 0. The minimum atomic E-state index is 0.982. The summed E-state index contributed by atoms with van der Waals surface area (Å²) < 4.78 is 0. The number of rotatable bonds is 4. The van der Waals surface area contributed by atoms with Crippen LogP contribution in [-0.2, 0) is 0 Å². The maximum absolute atomic E-state index is 4.26. The standard InChI is InChI=1S/C21H20N2/c1-16-8-11-20(14-17(16)2)19-12-9-18(10-13-19)15-22-23-21-6-4-3-5-7-21/h3-15,23H,1-2H3. The van der Waals surface area contributed by atoms with Crippen molar-refractivity contribution in [3.63, 3.8) is 0 Å². The van der Waals surface area contributed by atoms with E-state index in [4.69, 9.17) is 0 Å². The summed E-state index contributed by atoms with van der Waals surface area (Å²) >= 11 is 0. The summed E-state index contributed by atoms with van der Waals surface area (Å²) in [5.74, 6) is 0. The second-order valence-corrected chi connectivity index (χ2v) is 5.66. The average Bonchev–Trinajstić information content (AvgIpc) is 2.59. The smallest absolute Gasteiger partial charge is 0.0561 e. The first-order valence-corrected chi connectivity index (χ1v) is 7.74. The Morgan fingerprint density at radius 2 is 1.43 bits per heavy atom. The Balaban J connectivity index is 1.70. The number of para-hydroxylation sites is 1. The molecule has 0 heterocycles. The lowest BCUT2D eigenvalue weighted by molar-refractivity contribution is 1.34. The van der Waals surface area contributed by atoms with Crippen LogP contribution in [0.3, 0.4) is 0 Å². The largest absolute Gasteiger partial charge is 0.279 e. The van der Waals surface area contributed by atoms with Crippen LogP contribution in [0.5, 0.6) is 0 Å². The number of aryl methyl sites for hydroxylation is 2. The van der Waals surface area contributed by atoms with E-state index >= 15 is 0 Å². The predicted molar refractivity (Wildman–Crippen MR) is 99.0 cm³/mol. The third-order valence-electron chi connectivity index (χ3n) is 3.93. The number of benzene rings is 3. The van der Waals surface area contributed by atoms with Gasteiger partial charge in [0.1, 0.15) is 0 Å². The van der Waals surface area contributed by atoms with Gasteiger partial charge in [-0.25, -0.2) is 0 Å². The van der Waals surface area contributed by atoms with Gasteiger partial charge in [0.25, 0.3) is 0 Å². The van der Waals surface area contributed by atoms with Gasteiger partial charge in [-0.2, -0.15) is 5.10 Å². The average molecular weight is 300 g/mol. The lowest BCUT2D eigenvalue weighted by Gasteiger charge is -2.06. The zero-order valence-electron chi connectivity index (χ0n) is 13.5. The molecular weight excluding hydrogens is 280 g/mol. The maximum Gasteiger partial charge on any atom is 0.0561 e. The number of nitrogens with zero attached hydrogens (tertiary/aromatic N) is 1. The van der Waals surface area contributed by atoms with Gasteiger partial charge < -0.3 is 0 Å². The van der Waals surface area contributed by atoms with Gasteiger partial charge in [-0.15, -0.1) is 0 Å². The molecule has 3 aromatic rings. The number of nitrogens with one attached hydrogen (secondary N) is 1. The van der Waals surface area contributed by atoms with Gasteiger partial charge >= 0.3 is 0 Å². The van der Waals surface area contributed by atoms with Gasteiger partial charge in [-0.1, -0.05) is 60.7 Å². The van der Waals surface area contributed by atoms with E-state index in [1.807, 2.05) is 36.5 Å². The summed E-state index contributed by atoms with van der Waals surface area (Å²) in [6, 6.07) is 24.9. The second kappa shape index (κ2) is 6.93. The molecule has 0 bridgehead atoms. The lowest BCUT2D eigenvalue weighted by Crippen LogP contribution is -1.90. The first-order chi connectivity index (χ1) is 11.2. The van der Waals surface area contributed by atoms with E-state index in [0.29, 0.717) is 0 Å². The molecule has 1 N–H and O–H groups in total. The normalized spacial score (nSPS) is 10.9. The third-order valence-corrected chi connectivity index (χ3v) is 3.93. The molecule has 3 rings (SSSR count). The van der Waals surface area contributed by atoms with Crippen LogP contribution < -0.4 is 5.43 Å². The van der Waals surface area contributed by atoms with E-state index in [1.165, 1.54) is 22.3 Å². The highest BCUT2D eigenvalue weighted by Crippen LogP contribution is 2.22. The highest BCUT2D eigenvalue weighted by atomic mass is 15.3. The van der Waals surface area contributed by atoms with Gasteiger partial charge in [0.15, 0.2) is 0 Å². The number of hydrazone groups is 1. The van der Waals surface area contributed by atoms with E-state index in [1.54, 1.807) is 0 Å². The van der Waals surface area contributed by atoms with Crippen molar-refractivity contribution in [1.29, 1.82) is 0 Å². The molecule has 0 spiro atoms. The van der Waals surface area contributed by atoms with E-state index in [2.05, 4.69) is 66.8 Å². The van der Waals surface area contributed by atoms with Gasteiger partial charge in [0.05, 0.1) is 11.9 Å². The number of hydrogen-bond acceptors (Lipinski definition) is 2. The molecule has 0 amide bonds. The van der Waals surface area contributed by atoms with Crippen molar-refractivity contribution in [2.24, 2.45) is 5.10 Å². The molecule has 0 atom stereocenters. The van der Waals surface area contributed by atoms with Crippen LogP contribution in [0.15, 0.2) is 77.9 Å². The summed E-state index contributed by atoms with van der Waals surface area (Å²) in [5, 5.41) is 4.26. The van der Waals surface area contributed by atoms with Crippen LogP contribution in [0.2, 0.25) is 0 Å². The first-order valence-electron chi connectivity index (χ1n) is 7.74. The van der Waals surface area contributed by atoms with E-state index in [9.17, 15) is 0 Å². The molecule has 0 aliphatic rings. The fraction of sp³-hybridized carbons (Fsp3) is 0.0952. The SMILES string of the molecule is Cc1ccc(-c2ccc(C=NNc3ccccc3)cc2)cc1C. The summed E-state index contributed by atoms with van der Waals surface area (Å²) in [6.45, 7) is 4.29. The van der Waals surface area contributed by atoms with Crippen molar-refractivity contribution in [2.45, 2.75) is 13.8 Å². The molecule has 0 fully saturated rings. The van der Waals surface area contributed by atoms with E-state index in [0.717, 1.165) is 11.3 Å². The fourth-order valence-corrected chi connectivity index (χ4v) is 2.38. The van der Waals surface area contributed by atoms with Gasteiger partial charge in [0, 0.05) is 0 Å². The van der Waals surface area contributed by atoms with Crippen LogP contribution in [0, 0.1) is 13.8 Å². The molecule has 2 nitrogen and oxygen atoms in total. The third kappa shape index (κ3) is 3.86. The molecule has 0 saturated carbocycles. The molecule has 114 valence electrons. The van der Waals surface area contributed by atoms with Crippen LogP contribution >= 0.6 is 0 Å². The Hall–Kier alpha value is -2.87. The van der Waals surface area contributed by atoms with Crippen LogP contribution in [0.4, 0.5) is 5.69 Å². The molecule has 0 aliphatic carbocycles. The van der Waals surface area contributed by atoms with Crippen molar-refractivity contribution < 1.29 is 0 Å². The number of hydrogen-bond donors (Lipinski definition) is 1. The molecule has 3 aromatic carbocycles. The zero-order chi connectivity index (χ0) is 16.1. The summed E-state index contributed by atoms with van der Waals surface area (Å²) in [5.41, 5.74) is 10.2. The minimum Gasteiger partial charge on any atom is -0.279 e. The molecule has 23 heavy (non-hydrogen) atoms. The Morgan fingerprint density at radius 3 is 2.13 bits per heavy atom. The van der Waals surface area contributed by atoms with Gasteiger partial charge in [0.2, 0.25) is 0 Å². The van der Waals surface area contributed by atoms with Gasteiger partial charge in [-0.3, -0.25) is 5.43 Å². The van der Waals surface area contributed by atoms with Crippen molar-refractivity contribution in [1.82, 2.24) is 0 Å². The summed E-state index contributed by atoms with van der Waals surface area (Å²) in [7, 11) is 0. The Kier molecular flexibility index (Phi) is 4.53. The van der Waals surface area contributed by atoms with Crippen molar-refractivity contribution in [3.8, 4) is 11.1 Å². The first kappa shape index (κ1) is 15.0. The highest BCUT2D eigenvalue weighted by molar-refractivity contribution is 5.81. The highest BCUT2D eigenvalue weighted by Gasteiger charge is 1.99. The monoisotopic (exact) mass is 300 g/mol. The molecular formula is C21H20N2. The molecule has 0 aromatic heterocycles. The van der Waals surface area contributed by atoms with Crippen LogP contribution in [0.1, 0.15) is 16.7 Å². The molecule has 0 saturated heterocycles. The topological polar surface area (TPSA) is 24.4 Å². The molecule has 0 radical (unpaired) electrons. The fourth-order valence-electron chi connectivity index (χ4n) is 2.38. The molecule has 2 heteroatoms. The quantitative estimate of drug-likeness (QED) is 0.505.